The molecule has 0 aliphatic rings. The molecule has 2 N–H and O–H groups in total. The molecule has 1 aromatic carbocycles. The van der Waals surface area contributed by atoms with Crippen LogP contribution in [0.25, 0.3) is 0 Å². The summed E-state index contributed by atoms with van der Waals surface area (Å²) in [4.78, 5) is 27.9. The van der Waals surface area contributed by atoms with Crippen molar-refractivity contribution in [1.29, 1.82) is 0 Å². The molecule has 1 atom stereocenters. The predicted molar refractivity (Wildman–Crippen MR) is 85.4 cm³/mol. The van der Waals surface area contributed by atoms with E-state index in [0.717, 1.165) is 5.56 Å². The Morgan fingerprint density at radius 1 is 1.17 bits per heavy atom. The highest BCUT2D eigenvalue weighted by Crippen LogP contribution is 2.04. The fourth-order valence-electron chi connectivity index (χ4n) is 2.01. The van der Waals surface area contributed by atoms with Crippen LogP contribution in [0.2, 0.25) is 0 Å². The zero-order chi connectivity index (χ0) is 16.5. The second-order valence-corrected chi connectivity index (χ2v) is 4.83. The third-order valence-electron chi connectivity index (χ3n) is 3.14. The van der Waals surface area contributed by atoms with Crippen LogP contribution < -0.4 is 10.9 Å². The summed E-state index contributed by atoms with van der Waals surface area (Å²) < 4.78 is 5.05. The Hall–Kier alpha value is -2.73. The molecule has 2 rings (SSSR count). The average molecular weight is 313 g/mol. The predicted octanol–water partition coefficient (Wildman–Crippen LogP) is 1.49. The molecule has 1 amide bonds. The number of rotatable bonds is 7. The number of carbonyl (C=O) groups is 2. The minimum absolute atomic E-state index is 0.280. The van der Waals surface area contributed by atoms with E-state index in [1.807, 2.05) is 30.3 Å². The van der Waals surface area contributed by atoms with Gasteiger partial charge in [-0.05, 0) is 24.6 Å². The highest BCUT2D eigenvalue weighted by Gasteiger charge is 2.21. The molecule has 6 nitrogen and oxygen atoms in total. The van der Waals surface area contributed by atoms with E-state index in [1.165, 1.54) is 6.20 Å². The first kappa shape index (κ1) is 16.6. The molecule has 1 aromatic heterocycles. The van der Waals surface area contributed by atoms with E-state index < -0.39 is 12.0 Å². The van der Waals surface area contributed by atoms with Crippen LogP contribution in [0.3, 0.4) is 0 Å². The molecule has 0 saturated heterocycles. The van der Waals surface area contributed by atoms with Crippen molar-refractivity contribution in [3.05, 3.63) is 66.0 Å². The number of hydrazine groups is 1. The number of hydrogen-bond donors (Lipinski definition) is 2. The Bertz CT molecular complexity index is 632. The molecule has 0 aliphatic carbocycles. The summed E-state index contributed by atoms with van der Waals surface area (Å²) in [6.07, 6.45) is 3.45. The lowest BCUT2D eigenvalue weighted by Crippen LogP contribution is -2.49. The van der Waals surface area contributed by atoms with Gasteiger partial charge in [0.15, 0.2) is 0 Å². The average Bonchev–Trinajstić information content (AvgIpc) is 2.60. The zero-order valence-electron chi connectivity index (χ0n) is 12.9. The van der Waals surface area contributed by atoms with Crippen LogP contribution in [0.4, 0.5) is 0 Å². The highest BCUT2D eigenvalue weighted by atomic mass is 16.5. The van der Waals surface area contributed by atoms with E-state index in [1.54, 1.807) is 25.3 Å². The van der Waals surface area contributed by atoms with Crippen LogP contribution in [0.5, 0.6) is 0 Å². The Morgan fingerprint density at radius 3 is 2.61 bits per heavy atom. The largest absolute Gasteiger partial charge is 0.465 e. The minimum atomic E-state index is -0.669. The van der Waals surface area contributed by atoms with Crippen molar-refractivity contribution in [3.63, 3.8) is 0 Å². The summed E-state index contributed by atoms with van der Waals surface area (Å²) >= 11 is 0. The van der Waals surface area contributed by atoms with Gasteiger partial charge in [0.2, 0.25) is 0 Å². The molecule has 0 saturated carbocycles. The molecule has 23 heavy (non-hydrogen) atoms. The molecule has 0 spiro atoms. The van der Waals surface area contributed by atoms with Gasteiger partial charge in [-0.2, -0.15) is 0 Å². The van der Waals surface area contributed by atoms with Gasteiger partial charge in [0, 0.05) is 18.8 Å². The number of amides is 1. The van der Waals surface area contributed by atoms with Crippen molar-refractivity contribution in [1.82, 2.24) is 15.8 Å². The quantitative estimate of drug-likeness (QED) is 0.598. The van der Waals surface area contributed by atoms with E-state index in [4.69, 9.17) is 4.74 Å². The lowest BCUT2D eigenvalue weighted by molar-refractivity contribution is -0.145. The molecule has 120 valence electrons. The number of esters is 1. The van der Waals surface area contributed by atoms with Crippen molar-refractivity contribution in [2.24, 2.45) is 0 Å². The molecule has 0 fully saturated rings. The standard InChI is InChI=1S/C17H19N3O3/c1-2-23-17(22)15(11-13-7-4-3-5-8-13)19-20-16(21)14-9-6-10-18-12-14/h3-10,12,15,19H,2,11H2,1H3,(H,20,21)/t15-/m0/s1. The maximum Gasteiger partial charge on any atom is 0.325 e. The Labute approximate surface area is 134 Å². The molecule has 6 heteroatoms. The molecule has 2 aromatic rings. The second kappa shape index (κ2) is 8.65. The van der Waals surface area contributed by atoms with Gasteiger partial charge in [0.1, 0.15) is 6.04 Å². The number of ether oxygens (including phenoxy) is 1. The number of nitrogens with zero attached hydrogens (tertiary/aromatic N) is 1. The van der Waals surface area contributed by atoms with Crippen molar-refractivity contribution in [2.45, 2.75) is 19.4 Å². The first-order valence-electron chi connectivity index (χ1n) is 7.37. The van der Waals surface area contributed by atoms with Crippen LogP contribution in [-0.2, 0) is 16.0 Å². The summed E-state index contributed by atoms with van der Waals surface area (Å²) in [6, 6.07) is 12.2. The summed E-state index contributed by atoms with van der Waals surface area (Å²) in [5, 5.41) is 0. The molecular weight excluding hydrogens is 294 g/mol. The Balaban J connectivity index is 2.00. The van der Waals surface area contributed by atoms with Gasteiger partial charge in [-0.1, -0.05) is 30.3 Å². The number of pyridine rings is 1. The monoisotopic (exact) mass is 313 g/mol. The number of aromatic nitrogens is 1. The van der Waals surface area contributed by atoms with E-state index in [2.05, 4.69) is 15.8 Å². The van der Waals surface area contributed by atoms with Crippen molar-refractivity contribution in [2.75, 3.05) is 6.61 Å². The van der Waals surface area contributed by atoms with E-state index in [9.17, 15) is 9.59 Å². The van der Waals surface area contributed by atoms with Gasteiger partial charge in [0.05, 0.1) is 12.2 Å². The highest BCUT2D eigenvalue weighted by molar-refractivity contribution is 5.93. The zero-order valence-corrected chi connectivity index (χ0v) is 12.9. The molecular formula is C17H19N3O3. The second-order valence-electron chi connectivity index (χ2n) is 4.83. The van der Waals surface area contributed by atoms with Gasteiger partial charge in [-0.25, -0.2) is 5.43 Å². The van der Waals surface area contributed by atoms with E-state index >= 15 is 0 Å². The normalized spacial score (nSPS) is 11.5. The smallest absolute Gasteiger partial charge is 0.325 e. The Morgan fingerprint density at radius 2 is 1.96 bits per heavy atom. The summed E-state index contributed by atoms with van der Waals surface area (Å²) in [5.41, 5.74) is 6.65. The fourth-order valence-corrected chi connectivity index (χ4v) is 2.01. The number of nitrogens with one attached hydrogen (secondary N) is 2. The lowest BCUT2D eigenvalue weighted by atomic mass is 10.1. The molecule has 0 bridgehead atoms. The maximum absolute atomic E-state index is 12.0. The van der Waals surface area contributed by atoms with Crippen LogP contribution in [-0.4, -0.2) is 29.5 Å². The first-order valence-corrected chi connectivity index (χ1v) is 7.37. The first-order chi connectivity index (χ1) is 11.2. The maximum atomic E-state index is 12.0. The van der Waals surface area contributed by atoms with Crippen LogP contribution in [0, 0.1) is 0 Å². The van der Waals surface area contributed by atoms with E-state index in [0.29, 0.717) is 12.0 Å². The van der Waals surface area contributed by atoms with Crippen molar-refractivity contribution in [3.8, 4) is 0 Å². The van der Waals surface area contributed by atoms with Gasteiger partial charge in [-0.15, -0.1) is 0 Å². The van der Waals surface area contributed by atoms with Crippen LogP contribution in [0.1, 0.15) is 22.8 Å². The summed E-state index contributed by atoms with van der Waals surface area (Å²) in [6.45, 7) is 2.02. The van der Waals surface area contributed by atoms with Crippen LogP contribution >= 0.6 is 0 Å². The third-order valence-corrected chi connectivity index (χ3v) is 3.14. The number of carbonyl (C=O) groups excluding carboxylic acids is 2. The van der Waals surface area contributed by atoms with Crippen LogP contribution in [0.15, 0.2) is 54.9 Å². The molecule has 0 radical (unpaired) electrons. The van der Waals surface area contributed by atoms with Crippen molar-refractivity contribution < 1.29 is 14.3 Å². The topological polar surface area (TPSA) is 80.3 Å². The van der Waals surface area contributed by atoms with E-state index in [-0.39, 0.29) is 12.5 Å². The number of hydrogen-bond acceptors (Lipinski definition) is 5. The minimum Gasteiger partial charge on any atom is -0.465 e. The van der Waals surface area contributed by atoms with Gasteiger partial charge in [-0.3, -0.25) is 20.0 Å². The Kier molecular flexibility index (Phi) is 6.26. The molecule has 0 unspecified atom stereocenters. The summed E-state index contributed by atoms with van der Waals surface area (Å²) in [5.74, 6) is -0.775. The third kappa shape index (κ3) is 5.19. The number of benzene rings is 1. The SMILES string of the molecule is CCOC(=O)[C@H](Cc1ccccc1)NNC(=O)c1cccnc1. The molecule has 0 aliphatic heterocycles. The van der Waals surface area contributed by atoms with Gasteiger partial charge < -0.3 is 4.74 Å². The summed E-state index contributed by atoms with van der Waals surface area (Å²) in [7, 11) is 0. The van der Waals surface area contributed by atoms with Gasteiger partial charge in [0.25, 0.3) is 5.91 Å². The molecule has 1 heterocycles. The fraction of sp³-hybridized carbons (Fsp3) is 0.235. The van der Waals surface area contributed by atoms with Gasteiger partial charge >= 0.3 is 5.97 Å². The van der Waals surface area contributed by atoms with Crippen molar-refractivity contribution >= 4 is 11.9 Å². The lowest BCUT2D eigenvalue weighted by Gasteiger charge is -2.18.